The third kappa shape index (κ3) is 6.38. The van der Waals surface area contributed by atoms with Crippen molar-refractivity contribution in [3.63, 3.8) is 0 Å². The summed E-state index contributed by atoms with van der Waals surface area (Å²) in [7, 11) is -3.41. The first-order valence-electron chi connectivity index (χ1n) is 4.40. The molecule has 1 atom stereocenters. The fourth-order valence-electron chi connectivity index (χ4n) is 0.777. The zero-order chi connectivity index (χ0) is 11.9. The predicted octanol–water partition coefficient (Wildman–Crippen LogP) is 2.25. The third-order valence-corrected chi connectivity index (χ3v) is 3.26. The Bertz CT molecular complexity index is 253. The summed E-state index contributed by atoms with van der Waals surface area (Å²) in [4.78, 5) is 0. The molecule has 0 bridgehead atoms. The number of nitrogens with two attached hydrogens (primary N) is 1. The maximum Gasteiger partial charge on any atom is 0.411 e. The Labute approximate surface area is 100 Å². The first kappa shape index (κ1) is 15.2. The summed E-state index contributed by atoms with van der Waals surface area (Å²) in [6.07, 6.45) is 0. The number of alkyl halides is 2. The van der Waals surface area contributed by atoms with Crippen LogP contribution in [0.15, 0.2) is 5.16 Å². The van der Waals surface area contributed by atoms with E-state index in [0.717, 1.165) is 0 Å². The molecule has 0 amide bonds. The van der Waals surface area contributed by atoms with E-state index in [4.69, 9.17) is 33.3 Å². The fraction of sp³-hybridized carbons (Fsp3) is 0.857. The van der Waals surface area contributed by atoms with Gasteiger partial charge in [0.15, 0.2) is 0 Å². The lowest BCUT2D eigenvalue weighted by atomic mass is 10.5. The lowest BCUT2D eigenvalue weighted by Gasteiger charge is -2.24. The predicted molar refractivity (Wildman–Crippen MR) is 64.7 cm³/mol. The van der Waals surface area contributed by atoms with E-state index in [2.05, 4.69) is 5.16 Å². The first-order valence-corrected chi connectivity index (χ1v) is 7.11. The van der Waals surface area contributed by atoms with Crippen molar-refractivity contribution in [2.75, 3.05) is 24.8 Å². The second-order valence-electron chi connectivity index (χ2n) is 3.02. The molecule has 0 rings (SSSR count). The van der Waals surface area contributed by atoms with Crippen LogP contribution in [0.2, 0.25) is 0 Å². The summed E-state index contributed by atoms with van der Waals surface area (Å²) >= 11 is 11.1. The normalized spacial score (nSPS) is 14.8. The van der Waals surface area contributed by atoms with Crippen LogP contribution >= 0.6 is 30.9 Å². The van der Waals surface area contributed by atoms with Crippen LogP contribution in [-0.4, -0.2) is 35.2 Å². The average molecular weight is 276 g/mol. The number of oxime groups is 1. The van der Waals surface area contributed by atoms with Gasteiger partial charge in [0.1, 0.15) is 0 Å². The molecular weight excluding hydrogens is 260 g/mol. The van der Waals surface area contributed by atoms with Crippen molar-refractivity contribution in [3.8, 4) is 0 Å². The Morgan fingerprint density at radius 2 is 1.87 bits per heavy atom. The van der Waals surface area contributed by atoms with E-state index in [1.165, 1.54) is 4.67 Å². The summed E-state index contributed by atoms with van der Waals surface area (Å²) in [6.45, 7) is 4.13. The van der Waals surface area contributed by atoms with Gasteiger partial charge >= 0.3 is 7.67 Å². The number of halogens is 2. The number of hydrogen-bond acceptors (Lipinski definition) is 3. The third-order valence-electron chi connectivity index (χ3n) is 1.42. The lowest BCUT2D eigenvalue weighted by Crippen LogP contribution is -2.29. The molecule has 0 saturated heterocycles. The van der Waals surface area contributed by atoms with E-state index in [0.29, 0.717) is 30.6 Å². The molecule has 0 heterocycles. The molecule has 0 fully saturated rings. The van der Waals surface area contributed by atoms with Crippen molar-refractivity contribution in [2.24, 2.45) is 10.7 Å². The Balaban J connectivity index is 4.48. The zero-order valence-corrected chi connectivity index (χ0v) is 11.2. The highest BCUT2D eigenvalue weighted by Crippen LogP contribution is 2.42. The van der Waals surface area contributed by atoms with Gasteiger partial charge in [-0.1, -0.05) is 5.16 Å². The van der Waals surface area contributed by atoms with Gasteiger partial charge in [0.25, 0.3) is 0 Å². The molecular formula is C7H16Cl2N3O2P. The smallest absolute Gasteiger partial charge is 0.311 e. The maximum atomic E-state index is 11.9. The van der Waals surface area contributed by atoms with Crippen LogP contribution in [0, 0.1) is 0 Å². The minimum absolute atomic E-state index is 0.302. The van der Waals surface area contributed by atoms with Crippen LogP contribution in [0.1, 0.15) is 13.8 Å². The average Bonchev–Trinajstić information content (AvgIpc) is 2.15. The van der Waals surface area contributed by atoms with Crippen LogP contribution in [0.3, 0.4) is 0 Å². The molecule has 0 aromatic heterocycles. The first-order chi connectivity index (χ1) is 6.94. The Morgan fingerprint density at radius 3 is 2.20 bits per heavy atom. The number of rotatable bonds is 7. The highest BCUT2D eigenvalue weighted by Gasteiger charge is 2.27. The molecule has 90 valence electrons. The highest BCUT2D eigenvalue weighted by molar-refractivity contribution is 7.53. The summed E-state index contributed by atoms with van der Waals surface area (Å²) in [5.74, 6) is 0.604. The quantitative estimate of drug-likeness (QED) is 0.335. The van der Waals surface area contributed by atoms with Crippen molar-refractivity contribution in [1.29, 1.82) is 0 Å². The fourth-order valence-corrected chi connectivity index (χ4v) is 2.56. The largest absolute Gasteiger partial charge is 0.411 e. The van der Waals surface area contributed by atoms with Gasteiger partial charge in [-0.05, 0) is 13.8 Å². The van der Waals surface area contributed by atoms with Gasteiger partial charge in [-0.2, -0.15) is 0 Å². The van der Waals surface area contributed by atoms with Gasteiger partial charge < -0.3 is 4.62 Å². The minimum atomic E-state index is -3.41. The minimum Gasteiger partial charge on any atom is -0.311 e. The second kappa shape index (κ2) is 7.47. The zero-order valence-electron chi connectivity index (χ0n) is 8.82. The molecule has 0 aliphatic rings. The SMILES string of the molecule is CC(C)=NO[P@](N)(=O)N(CCCl)CCCl. The molecule has 2 N–H and O–H groups in total. The molecule has 0 aromatic rings. The Morgan fingerprint density at radius 1 is 1.40 bits per heavy atom. The summed E-state index contributed by atoms with van der Waals surface area (Å²) < 4.78 is 18.0. The van der Waals surface area contributed by atoms with E-state index in [1.54, 1.807) is 13.8 Å². The molecule has 0 radical (unpaired) electrons. The second-order valence-corrected chi connectivity index (χ2v) is 5.63. The molecule has 15 heavy (non-hydrogen) atoms. The maximum absolute atomic E-state index is 11.9. The summed E-state index contributed by atoms with van der Waals surface area (Å²) in [5.41, 5.74) is 6.15. The molecule has 0 spiro atoms. The van der Waals surface area contributed by atoms with Crippen LogP contribution in [0.25, 0.3) is 0 Å². The van der Waals surface area contributed by atoms with E-state index in [-0.39, 0.29) is 0 Å². The van der Waals surface area contributed by atoms with Crippen molar-refractivity contribution in [2.45, 2.75) is 13.8 Å². The van der Waals surface area contributed by atoms with Gasteiger partial charge in [0.2, 0.25) is 0 Å². The van der Waals surface area contributed by atoms with E-state index in [1.807, 2.05) is 0 Å². The molecule has 5 nitrogen and oxygen atoms in total. The number of nitrogens with zero attached hydrogens (tertiary/aromatic N) is 2. The van der Waals surface area contributed by atoms with E-state index >= 15 is 0 Å². The molecule has 0 aliphatic carbocycles. The van der Waals surface area contributed by atoms with Crippen molar-refractivity contribution >= 4 is 36.6 Å². The van der Waals surface area contributed by atoms with Crippen LogP contribution in [-0.2, 0) is 9.19 Å². The molecule has 0 aromatic carbocycles. The van der Waals surface area contributed by atoms with Gasteiger partial charge in [0, 0.05) is 24.8 Å². The topological polar surface area (TPSA) is 67.9 Å². The molecule has 0 aliphatic heterocycles. The monoisotopic (exact) mass is 275 g/mol. The van der Waals surface area contributed by atoms with Crippen molar-refractivity contribution in [3.05, 3.63) is 0 Å². The Hall–Kier alpha value is 0.200. The van der Waals surface area contributed by atoms with Crippen molar-refractivity contribution in [1.82, 2.24) is 4.67 Å². The highest BCUT2D eigenvalue weighted by atomic mass is 35.5. The summed E-state index contributed by atoms with van der Waals surface area (Å²) in [5, 5.41) is 3.58. The Kier molecular flexibility index (Phi) is 7.57. The molecule has 0 unspecified atom stereocenters. The lowest BCUT2D eigenvalue weighted by molar-refractivity contribution is 0.278. The van der Waals surface area contributed by atoms with Crippen LogP contribution in [0.5, 0.6) is 0 Å². The van der Waals surface area contributed by atoms with E-state index < -0.39 is 7.67 Å². The van der Waals surface area contributed by atoms with Crippen LogP contribution < -0.4 is 5.50 Å². The summed E-state index contributed by atoms with van der Waals surface area (Å²) in [6, 6.07) is 0. The van der Waals surface area contributed by atoms with Gasteiger partial charge in [-0.25, -0.2) is 14.7 Å². The van der Waals surface area contributed by atoms with Crippen molar-refractivity contribution < 1.29 is 9.19 Å². The van der Waals surface area contributed by atoms with E-state index in [9.17, 15) is 4.57 Å². The number of hydrogen-bond donors (Lipinski definition) is 1. The van der Waals surface area contributed by atoms with Crippen LogP contribution in [0.4, 0.5) is 0 Å². The molecule has 0 saturated carbocycles. The van der Waals surface area contributed by atoms with Gasteiger partial charge in [-0.3, -0.25) is 0 Å². The standard InChI is InChI=1S/C7H16Cl2N3O2P/c1-7(2)11-14-15(10,13)12(5-3-8)6-4-9/h3-6H2,1-2H3,(H2,10,13)/t15-/m0/s1. The van der Waals surface area contributed by atoms with Gasteiger partial charge in [-0.15, -0.1) is 23.2 Å². The van der Waals surface area contributed by atoms with Gasteiger partial charge in [0.05, 0.1) is 5.71 Å². The molecule has 8 heteroatoms.